The molecule has 0 spiro atoms. The fourth-order valence-corrected chi connectivity index (χ4v) is 2.60. The molecule has 1 aliphatic rings. The number of aryl methyl sites for hydroxylation is 1. The highest BCUT2D eigenvalue weighted by Crippen LogP contribution is 2.25. The maximum Gasteiger partial charge on any atom is 0.122 e. The van der Waals surface area contributed by atoms with Crippen molar-refractivity contribution in [3.8, 4) is 5.75 Å². The van der Waals surface area contributed by atoms with Gasteiger partial charge in [-0.3, -0.25) is 0 Å². The number of halogens is 1. The molecule has 114 valence electrons. The van der Waals surface area contributed by atoms with Crippen molar-refractivity contribution < 1.29 is 4.74 Å². The average molecular weight is 298 g/mol. The molecule has 1 aromatic rings. The normalized spacial score (nSPS) is 16.4. The van der Waals surface area contributed by atoms with Crippen LogP contribution in [-0.2, 0) is 6.42 Å². The summed E-state index contributed by atoms with van der Waals surface area (Å²) >= 11 is 6.00. The maximum absolute atomic E-state index is 6.00. The van der Waals surface area contributed by atoms with E-state index in [9.17, 15) is 0 Å². The molecule has 0 atom stereocenters. The van der Waals surface area contributed by atoms with E-state index in [1.54, 1.807) is 0 Å². The van der Waals surface area contributed by atoms with Crippen molar-refractivity contribution in [1.29, 1.82) is 0 Å². The Kier molecular flexibility index (Phi) is 8.01. The molecule has 1 fully saturated rings. The van der Waals surface area contributed by atoms with Gasteiger partial charge in [-0.25, -0.2) is 0 Å². The van der Waals surface area contributed by atoms with Gasteiger partial charge >= 0.3 is 0 Å². The lowest BCUT2D eigenvalue weighted by Crippen LogP contribution is -2.32. The topological polar surface area (TPSA) is 12.5 Å². The first-order chi connectivity index (χ1) is 9.69. The number of benzene rings is 1. The Morgan fingerprint density at radius 3 is 2.50 bits per heavy atom. The van der Waals surface area contributed by atoms with Gasteiger partial charge in [-0.2, -0.15) is 0 Å². The predicted molar refractivity (Wildman–Crippen MR) is 87.9 cm³/mol. The number of rotatable bonds is 4. The largest absolute Gasteiger partial charge is 0.493 e. The molecule has 0 aliphatic carbocycles. The monoisotopic (exact) mass is 297 g/mol. The van der Waals surface area contributed by atoms with Crippen LogP contribution in [0.15, 0.2) is 18.2 Å². The molecular formula is C17H28ClNO. The van der Waals surface area contributed by atoms with Gasteiger partial charge < -0.3 is 9.64 Å². The number of ether oxygens (including phenoxy) is 1. The van der Waals surface area contributed by atoms with E-state index in [0.29, 0.717) is 5.92 Å². The van der Waals surface area contributed by atoms with Crippen LogP contribution in [0, 0.1) is 5.92 Å². The molecule has 0 bridgehead atoms. The average Bonchev–Trinajstić information content (AvgIpc) is 2.49. The molecular weight excluding hydrogens is 270 g/mol. The Labute approximate surface area is 129 Å². The van der Waals surface area contributed by atoms with Gasteiger partial charge in [0.15, 0.2) is 0 Å². The summed E-state index contributed by atoms with van der Waals surface area (Å²) in [6.07, 6.45) is 3.44. The van der Waals surface area contributed by atoms with E-state index in [-0.39, 0.29) is 0 Å². The van der Waals surface area contributed by atoms with Crippen LogP contribution < -0.4 is 4.74 Å². The van der Waals surface area contributed by atoms with E-state index in [1.165, 1.54) is 31.5 Å². The van der Waals surface area contributed by atoms with Crippen LogP contribution in [-0.4, -0.2) is 31.6 Å². The second-order valence-corrected chi connectivity index (χ2v) is 5.60. The van der Waals surface area contributed by atoms with E-state index in [2.05, 4.69) is 18.9 Å². The van der Waals surface area contributed by atoms with Crippen molar-refractivity contribution in [3.63, 3.8) is 0 Å². The third-order valence-electron chi connectivity index (χ3n) is 3.72. The van der Waals surface area contributed by atoms with Crippen LogP contribution >= 0.6 is 11.6 Å². The van der Waals surface area contributed by atoms with Crippen molar-refractivity contribution >= 4 is 11.6 Å². The van der Waals surface area contributed by atoms with E-state index in [4.69, 9.17) is 16.3 Å². The van der Waals surface area contributed by atoms with Gasteiger partial charge in [-0.1, -0.05) is 32.4 Å². The summed E-state index contributed by atoms with van der Waals surface area (Å²) in [6.45, 7) is 9.35. The number of piperidine rings is 1. The van der Waals surface area contributed by atoms with Gasteiger partial charge in [-0.05, 0) is 69.1 Å². The summed E-state index contributed by atoms with van der Waals surface area (Å²) in [4.78, 5) is 2.39. The SMILES string of the molecule is CC.CCc1cc(Cl)ccc1OCC1CCN(C)CC1. The van der Waals surface area contributed by atoms with Crippen LogP contribution in [0.3, 0.4) is 0 Å². The molecule has 0 unspecified atom stereocenters. The summed E-state index contributed by atoms with van der Waals surface area (Å²) in [5, 5.41) is 0.790. The van der Waals surface area contributed by atoms with E-state index < -0.39 is 0 Å². The molecule has 0 saturated carbocycles. The zero-order valence-electron chi connectivity index (χ0n) is 13.3. The lowest BCUT2D eigenvalue weighted by molar-refractivity contribution is 0.159. The van der Waals surface area contributed by atoms with E-state index >= 15 is 0 Å². The Hall–Kier alpha value is -0.730. The summed E-state index contributed by atoms with van der Waals surface area (Å²) in [6, 6.07) is 5.91. The standard InChI is InChI=1S/C15H22ClNO.C2H6/c1-3-13-10-14(16)4-5-15(13)18-11-12-6-8-17(2)9-7-12;1-2/h4-5,10,12H,3,6-9,11H2,1-2H3;1-2H3. The van der Waals surface area contributed by atoms with Gasteiger partial charge in [0.25, 0.3) is 0 Å². The lowest BCUT2D eigenvalue weighted by atomic mass is 9.98. The van der Waals surface area contributed by atoms with Crippen LogP contribution in [0.25, 0.3) is 0 Å². The van der Waals surface area contributed by atoms with Crippen molar-refractivity contribution in [1.82, 2.24) is 4.90 Å². The quantitative estimate of drug-likeness (QED) is 0.802. The number of hydrogen-bond acceptors (Lipinski definition) is 2. The fourth-order valence-electron chi connectivity index (χ4n) is 2.40. The number of hydrogen-bond donors (Lipinski definition) is 0. The van der Waals surface area contributed by atoms with Crippen LogP contribution in [0.5, 0.6) is 5.75 Å². The Balaban J connectivity index is 0.000000956. The predicted octanol–water partition coefficient (Wildman–Crippen LogP) is 4.65. The summed E-state index contributed by atoms with van der Waals surface area (Å²) in [5.74, 6) is 1.70. The smallest absolute Gasteiger partial charge is 0.122 e. The molecule has 3 heteroatoms. The molecule has 20 heavy (non-hydrogen) atoms. The Bertz CT molecular complexity index is 387. The van der Waals surface area contributed by atoms with Crippen LogP contribution in [0.4, 0.5) is 0 Å². The van der Waals surface area contributed by atoms with Crippen molar-refractivity contribution in [2.45, 2.75) is 40.0 Å². The number of nitrogens with zero attached hydrogens (tertiary/aromatic N) is 1. The molecule has 0 radical (unpaired) electrons. The van der Waals surface area contributed by atoms with Crippen molar-refractivity contribution in [2.75, 3.05) is 26.7 Å². The van der Waals surface area contributed by atoms with Gasteiger partial charge in [0.05, 0.1) is 6.61 Å². The minimum atomic E-state index is 0.696. The third-order valence-corrected chi connectivity index (χ3v) is 3.95. The number of likely N-dealkylation sites (tertiary alicyclic amines) is 1. The van der Waals surface area contributed by atoms with Gasteiger partial charge in [0.2, 0.25) is 0 Å². The molecule has 0 N–H and O–H groups in total. The molecule has 1 aromatic carbocycles. The third kappa shape index (κ3) is 5.34. The highest BCUT2D eigenvalue weighted by molar-refractivity contribution is 6.30. The van der Waals surface area contributed by atoms with Crippen LogP contribution in [0.1, 0.15) is 39.2 Å². The summed E-state index contributed by atoms with van der Waals surface area (Å²) in [7, 11) is 2.19. The van der Waals surface area contributed by atoms with Gasteiger partial charge in [0, 0.05) is 5.02 Å². The van der Waals surface area contributed by atoms with Gasteiger partial charge in [-0.15, -0.1) is 0 Å². The molecule has 2 nitrogen and oxygen atoms in total. The molecule has 1 saturated heterocycles. The Morgan fingerprint density at radius 2 is 1.90 bits per heavy atom. The highest BCUT2D eigenvalue weighted by atomic mass is 35.5. The first-order valence-electron chi connectivity index (χ1n) is 7.78. The van der Waals surface area contributed by atoms with E-state index in [1.807, 2.05) is 32.0 Å². The van der Waals surface area contributed by atoms with Crippen molar-refractivity contribution in [3.05, 3.63) is 28.8 Å². The molecule has 1 heterocycles. The fraction of sp³-hybridized carbons (Fsp3) is 0.647. The minimum Gasteiger partial charge on any atom is -0.493 e. The first-order valence-corrected chi connectivity index (χ1v) is 8.16. The zero-order valence-corrected chi connectivity index (χ0v) is 14.0. The van der Waals surface area contributed by atoms with Gasteiger partial charge in [0.1, 0.15) is 5.75 Å². The highest BCUT2D eigenvalue weighted by Gasteiger charge is 2.17. The Morgan fingerprint density at radius 1 is 1.25 bits per heavy atom. The minimum absolute atomic E-state index is 0.696. The molecule has 0 amide bonds. The summed E-state index contributed by atoms with van der Waals surface area (Å²) < 4.78 is 5.98. The molecule has 0 aromatic heterocycles. The van der Waals surface area contributed by atoms with E-state index in [0.717, 1.165) is 23.8 Å². The lowest BCUT2D eigenvalue weighted by Gasteiger charge is -2.29. The second kappa shape index (κ2) is 9.25. The van der Waals surface area contributed by atoms with Crippen LogP contribution in [0.2, 0.25) is 5.02 Å². The molecule has 2 rings (SSSR count). The van der Waals surface area contributed by atoms with Crippen molar-refractivity contribution in [2.24, 2.45) is 5.92 Å². The zero-order chi connectivity index (χ0) is 15.0. The second-order valence-electron chi connectivity index (χ2n) is 5.16. The maximum atomic E-state index is 6.00. The first kappa shape index (κ1) is 17.3. The summed E-state index contributed by atoms with van der Waals surface area (Å²) in [5.41, 5.74) is 1.20. The molecule has 1 aliphatic heterocycles.